The lowest BCUT2D eigenvalue weighted by molar-refractivity contribution is -0.0350. The summed E-state index contributed by atoms with van der Waals surface area (Å²) in [5.41, 5.74) is 5.45. The van der Waals surface area contributed by atoms with E-state index in [9.17, 15) is 4.79 Å². The largest absolute Gasteiger partial charge is 0.385 e. The van der Waals surface area contributed by atoms with Crippen LogP contribution >= 0.6 is 0 Å². The molecule has 2 N–H and O–H groups in total. The van der Waals surface area contributed by atoms with E-state index in [-0.39, 0.29) is 17.7 Å². The summed E-state index contributed by atoms with van der Waals surface area (Å²) >= 11 is 0. The Morgan fingerprint density at radius 3 is 2.86 bits per heavy atom. The average Bonchev–Trinajstić information content (AvgIpc) is 2.33. The van der Waals surface area contributed by atoms with E-state index in [1.165, 1.54) is 0 Å². The molecule has 0 bridgehead atoms. The van der Waals surface area contributed by atoms with Gasteiger partial charge in [-0.05, 0) is 6.92 Å². The van der Waals surface area contributed by atoms with E-state index in [0.717, 1.165) is 12.8 Å². The molecule has 14 heavy (non-hydrogen) atoms. The highest BCUT2D eigenvalue weighted by Gasteiger charge is 2.56. The zero-order chi connectivity index (χ0) is 10.3. The molecule has 1 fully saturated rings. The number of amides is 2. The number of aliphatic imine (C=N–C) groups is 1. The molecule has 2 aliphatic rings. The van der Waals surface area contributed by atoms with E-state index >= 15 is 0 Å². The minimum atomic E-state index is -0.327. The number of hydrogen-bond acceptors (Lipinski definition) is 3. The van der Waals surface area contributed by atoms with Crippen LogP contribution < -0.4 is 5.73 Å². The highest BCUT2D eigenvalue weighted by Crippen LogP contribution is 2.42. The molecule has 0 aromatic heterocycles. The molecule has 78 valence electrons. The third-order valence-corrected chi connectivity index (χ3v) is 3.22. The molecule has 0 radical (unpaired) electrons. The number of likely N-dealkylation sites (N-methyl/N-ethyl adjacent to an activating group) is 1. The number of nitrogens with two attached hydrogens (primary N) is 1. The fourth-order valence-corrected chi connectivity index (χ4v) is 2.32. The molecule has 0 saturated heterocycles. The number of urea groups is 1. The maximum Gasteiger partial charge on any atom is 0.346 e. The van der Waals surface area contributed by atoms with Crippen LogP contribution in [-0.2, 0) is 4.74 Å². The molecule has 2 amide bonds. The van der Waals surface area contributed by atoms with Crippen molar-refractivity contribution in [2.45, 2.75) is 31.4 Å². The lowest BCUT2D eigenvalue weighted by Crippen LogP contribution is -2.64. The van der Waals surface area contributed by atoms with Crippen molar-refractivity contribution in [1.82, 2.24) is 4.90 Å². The predicted molar refractivity (Wildman–Crippen MR) is 52.2 cm³/mol. The summed E-state index contributed by atoms with van der Waals surface area (Å²) in [4.78, 5) is 17.0. The first-order chi connectivity index (χ1) is 6.64. The van der Waals surface area contributed by atoms with Crippen LogP contribution in [-0.4, -0.2) is 42.1 Å². The smallest absolute Gasteiger partial charge is 0.346 e. The first-order valence-corrected chi connectivity index (χ1v) is 4.83. The Labute approximate surface area is 82.9 Å². The first-order valence-electron chi connectivity index (χ1n) is 4.83. The quantitative estimate of drug-likeness (QED) is 0.694. The second-order valence-electron chi connectivity index (χ2n) is 3.82. The summed E-state index contributed by atoms with van der Waals surface area (Å²) in [6, 6.07) is -0.209. The van der Waals surface area contributed by atoms with E-state index in [4.69, 9.17) is 10.5 Å². The molecule has 5 heteroatoms. The average molecular weight is 197 g/mol. The van der Waals surface area contributed by atoms with Crippen molar-refractivity contribution in [2.75, 3.05) is 13.7 Å². The Balaban J connectivity index is 2.19. The van der Waals surface area contributed by atoms with Gasteiger partial charge in [0.2, 0.25) is 0 Å². The Bertz CT molecular complexity index is 294. The molecule has 1 aliphatic heterocycles. The van der Waals surface area contributed by atoms with Crippen molar-refractivity contribution in [2.24, 2.45) is 10.7 Å². The molecule has 0 unspecified atom stereocenters. The van der Waals surface area contributed by atoms with Gasteiger partial charge in [-0.15, -0.1) is 0 Å². The summed E-state index contributed by atoms with van der Waals surface area (Å²) in [6.45, 7) is 2.59. The summed E-state index contributed by atoms with van der Waals surface area (Å²) in [7, 11) is 1.68. The second kappa shape index (κ2) is 2.95. The van der Waals surface area contributed by atoms with Crippen molar-refractivity contribution < 1.29 is 9.53 Å². The third-order valence-electron chi connectivity index (χ3n) is 3.22. The van der Waals surface area contributed by atoms with Gasteiger partial charge >= 0.3 is 6.03 Å². The Hall–Kier alpha value is -1.10. The van der Waals surface area contributed by atoms with Crippen LogP contribution in [0.5, 0.6) is 0 Å². The van der Waals surface area contributed by atoms with Gasteiger partial charge in [0, 0.05) is 26.5 Å². The SMILES string of the molecule is CCN1C(=O)N=C(N)C12CC(OC)C2. The van der Waals surface area contributed by atoms with Crippen molar-refractivity contribution in [1.29, 1.82) is 0 Å². The molecule has 0 atom stereocenters. The summed E-state index contributed by atoms with van der Waals surface area (Å²) < 4.78 is 5.20. The van der Waals surface area contributed by atoms with Crippen LogP contribution in [0.4, 0.5) is 4.79 Å². The van der Waals surface area contributed by atoms with Crippen LogP contribution in [0.2, 0.25) is 0 Å². The van der Waals surface area contributed by atoms with Crippen molar-refractivity contribution in [3.8, 4) is 0 Å². The number of hydrogen-bond donors (Lipinski definition) is 1. The zero-order valence-electron chi connectivity index (χ0n) is 8.49. The number of carbonyl (C=O) groups excluding carboxylic acids is 1. The minimum absolute atomic E-state index is 0.209. The number of amidine groups is 1. The van der Waals surface area contributed by atoms with Crippen LogP contribution in [0.3, 0.4) is 0 Å². The van der Waals surface area contributed by atoms with Gasteiger partial charge in [-0.3, -0.25) is 0 Å². The Morgan fingerprint density at radius 2 is 2.36 bits per heavy atom. The van der Waals surface area contributed by atoms with Crippen molar-refractivity contribution in [3.05, 3.63) is 0 Å². The molecule has 1 heterocycles. The van der Waals surface area contributed by atoms with Gasteiger partial charge in [0.25, 0.3) is 0 Å². The van der Waals surface area contributed by atoms with E-state index in [1.54, 1.807) is 12.0 Å². The maximum atomic E-state index is 11.4. The normalized spacial score (nSPS) is 36.1. The van der Waals surface area contributed by atoms with Gasteiger partial charge in [0.15, 0.2) is 0 Å². The van der Waals surface area contributed by atoms with Crippen molar-refractivity contribution in [3.63, 3.8) is 0 Å². The highest BCUT2D eigenvalue weighted by molar-refractivity contribution is 6.06. The van der Waals surface area contributed by atoms with Crippen LogP contribution in [0.15, 0.2) is 4.99 Å². The fraction of sp³-hybridized carbons (Fsp3) is 0.778. The van der Waals surface area contributed by atoms with E-state index in [2.05, 4.69) is 4.99 Å². The third kappa shape index (κ3) is 0.987. The predicted octanol–water partition coefficient (Wildman–Crippen LogP) is 0.347. The number of carbonyl (C=O) groups is 1. The van der Waals surface area contributed by atoms with Gasteiger partial charge in [-0.25, -0.2) is 4.79 Å². The zero-order valence-corrected chi connectivity index (χ0v) is 8.49. The molecule has 1 spiro atoms. The monoisotopic (exact) mass is 197 g/mol. The number of ether oxygens (including phenoxy) is 1. The van der Waals surface area contributed by atoms with E-state index in [0.29, 0.717) is 12.4 Å². The Kier molecular flexibility index (Phi) is 1.99. The standard InChI is InChI=1S/C9H15N3O2/c1-3-12-8(13)11-7(10)9(12)4-6(5-9)14-2/h6H,3-5H2,1-2H3,(H2,10,11,13). The van der Waals surface area contributed by atoms with Crippen molar-refractivity contribution >= 4 is 11.9 Å². The summed E-state index contributed by atoms with van der Waals surface area (Å²) in [5, 5.41) is 0. The molecular formula is C9H15N3O2. The lowest BCUT2D eigenvalue weighted by atomic mass is 9.72. The molecule has 1 saturated carbocycles. The topological polar surface area (TPSA) is 67.9 Å². The minimum Gasteiger partial charge on any atom is -0.385 e. The van der Waals surface area contributed by atoms with Gasteiger partial charge in [0.1, 0.15) is 11.4 Å². The molecule has 1 aliphatic carbocycles. The van der Waals surface area contributed by atoms with Crippen LogP contribution in [0, 0.1) is 0 Å². The van der Waals surface area contributed by atoms with E-state index < -0.39 is 0 Å². The van der Waals surface area contributed by atoms with Gasteiger partial charge in [-0.1, -0.05) is 0 Å². The fourth-order valence-electron chi connectivity index (χ4n) is 2.32. The summed E-state index contributed by atoms with van der Waals surface area (Å²) in [6.07, 6.45) is 1.76. The molecule has 5 nitrogen and oxygen atoms in total. The number of rotatable bonds is 2. The van der Waals surface area contributed by atoms with Crippen LogP contribution in [0.25, 0.3) is 0 Å². The highest BCUT2D eigenvalue weighted by atomic mass is 16.5. The second-order valence-corrected chi connectivity index (χ2v) is 3.82. The molecule has 0 aromatic carbocycles. The Morgan fingerprint density at radius 1 is 1.71 bits per heavy atom. The lowest BCUT2D eigenvalue weighted by Gasteiger charge is -2.48. The molecule has 2 rings (SSSR count). The maximum absolute atomic E-state index is 11.4. The molecular weight excluding hydrogens is 182 g/mol. The van der Waals surface area contributed by atoms with Gasteiger partial charge < -0.3 is 15.4 Å². The summed E-state index contributed by atoms with van der Waals surface area (Å²) in [5.74, 6) is 0.456. The first kappa shape index (κ1) is 9.45. The molecule has 0 aromatic rings. The van der Waals surface area contributed by atoms with Crippen LogP contribution in [0.1, 0.15) is 19.8 Å². The number of nitrogens with zero attached hydrogens (tertiary/aromatic N) is 2. The van der Waals surface area contributed by atoms with Gasteiger partial charge in [-0.2, -0.15) is 4.99 Å². The number of methoxy groups -OCH3 is 1. The van der Waals surface area contributed by atoms with Gasteiger partial charge in [0.05, 0.1) is 6.10 Å². The van der Waals surface area contributed by atoms with E-state index in [1.807, 2.05) is 6.92 Å².